The van der Waals surface area contributed by atoms with E-state index in [2.05, 4.69) is 46.7 Å². The summed E-state index contributed by atoms with van der Waals surface area (Å²) < 4.78 is 0. The highest BCUT2D eigenvalue weighted by atomic mass is 32.2. The van der Waals surface area contributed by atoms with Gasteiger partial charge in [-0.15, -0.1) is 11.8 Å². The zero-order chi connectivity index (χ0) is 11.5. The molecule has 0 aromatic heterocycles. The van der Waals surface area contributed by atoms with Crippen molar-refractivity contribution in [2.75, 3.05) is 18.4 Å². The summed E-state index contributed by atoms with van der Waals surface area (Å²) in [5, 5.41) is 7.67. The van der Waals surface area contributed by atoms with Crippen LogP contribution in [0, 0.1) is 0 Å². The van der Waals surface area contributed by atoms with Gasteiger partial charge in [0, 0.05) is 28.9 Å². The molecular weight excluding hydrogens is 228 g/mol. The molecule has 1 saturated heterocycles. The van der Waals surface area contributed by atoms with E-state index in [9.17, 15) is 0 Å². The van der Waals surface area contributed by atoms with Crippen LogP contribution in [0.2, 0.25) is 0 Å². The number of rotatable bonds is 4. The summed E-state index contributed by atoms with van der Waals surface area (Å²) in [5.74, 6) is 0. The number of nitrogens with one attached hydrogen (secondary N) is 2. The molecule has 0 spiro atoms. The van der Waals surface area contributed by atoms with Crippen molar-refractivity contribution >= 4 is 17.4 Å². The molecule has 2 aliphatic rings. The molecule has 1 aromatic rings. The molecule has 3 rings (SSSR count). The first-order valence-electron chi connectivity index (χ1n) is 6.64. The summed E-state index contributed by atoms with van der Waals surface area (Å²) in [7, 11) is 0. The molecular formula is C14H20N2S. The van der Waals surface area contributed by atoms with Crippen LogP contribution in [-0.4, -0.2) is 24.4 Å². The number of hydrogen-bond acceptors (Lipinski definition) is 3. The van der Waals surface area contributed by atoms with Crippen molar-refractivity contribution in [2.24, 2.45) is 0 Å². The number of benzene rings is 1. The quantitative estimate of drug-likeness (QED) is 0.856. The van der Waals surface area contributed by atoms with Crippen molar-refractivity contribution in [1.29, 1.82) is 0 Å². The van der Waals surface area contributed by atoms with Crippen molar-refractivity contribution < 1.29 is 0 Å². The number of hydrogen-bond donors (Lipinski definition) is 2. The van der Waals surface area contributed by atoms with Crippen molar-refractivity contribution in [3.05, 3.63) is 24.3 Å². The minimum atomic E-state index is 0.628. The fraction of sp³-hybridized carbons (Fsp3) is 0.571. The minimum Gasteiger partial charge on any atom is -0.380 e. The van der Waals surface area contributed by atoms with Gasteiger partial charge in [-0.05, 0) is 37.1 Å². The SMILES string of the molecule is c1cc(SC2CCCC2)ccc1NC1CNC1. The van der Waals surface area contributed by atoms with E-state index < -0.39 is 0 Å². The molecule has 0 radical (unpaired) electrons. The Bertz CT molecular complexity index is 353. The Morgan fingerprint density at radius 1 is 1.06 bits per heavy atom. The average molecular weight is 248 g/mol. The molecule has 17 heavy (non-hydrogen) atoms. The second-order valence-corrected chi connectivity index (χ2v) is 6.42. The zero-order valence-corrected chi connectivity index (χ0v) is 10.9. The maximum Gasteiger partial charge on any atom is 0.0510 e. The predicted octanol–water partition coefficient (Wildman–Crippen LogP) is 3.10. The number of anilines is 1. The Morgan fingerprint density at radius 3 is 2.35 bits per heavy atom. The highest BCUT2D eigenvalue weighted by Crippen LogP contribution is 2.34. The van der Waals surface area contributed by atoms with E-state index >= 15 is 0 Å². The largest absolute Gasteiger partial charge is 0.380 e. The van der Waals surface area contributed by atoms with Crippen molar-refractivity contribution in [1.82, 2.24) is 5.32 Å². The van der Waals surface area contributed by atoms with Crippen LogP contribution in [0.15, 0.2) is 29.2 Å². The van der Waals surface area contributed by atoms with E-state index in [-0.39, 0.29) is 0 Å². The van der Waals surface area contributed by atoms with Gasteiger partial charge in [0.25, 0.3) is 0 Å². The molecule has 0 atom stereocenters. The normalized spacial score (nSPS) is 21.4. The molecule has 0 amide bonds. The van der Waals surface area contributed by atoms with Gasteiger partial charge in [0.1, 0.15) is 0 Å². The van der Waals surface area contributed by atoms with Crippen LogP contribution < -0.4 is 10.6 Å². The highest BCUT2D eigenvalue weighted by molar-refractivity contribution is 8.00. The summed E-state index contributed by atoms with van der Waals surface area (Å²) in [6, 6.07) is 9.59. The molecule has 1 saturated carbocycles. The van der Waals surface area contributed by atoms with Crippen molar-refractivity contribution in [3.8, 4) is 0 Å². The molecule has 3 heteroatoms. The van der Waals surface area contributed by atoms with E-state index in [1.165, 1.54) is 36.3 Å². The Morgan fingerprint density at radius 2 is 1.76 bits per heavy atom. The summed E-state index contributed by atoms with van der Waals surface area (Å²) in [4.78, 5) is 1.43. The van der Waals surface area contributed by atoms with Crippen LogP contribution in [0.25, 0.3) is 0 Å². The van der Waals surface area contributed by atoms with Crippen LogP contribution in [0.5, 0.6) is 0 Å². The van der Waals surface area contributed by atoms with Crippen LogP contribution in [0.4, 0.5) is 5.69 Å². The Kier molecular flexibility index (Phi) is 3.57. The molecule has 1 aliphatic heterocycles. The summed E-state index contributed by atoms with van der Waals surface area (Å²) in [6.45, 7) is 2.19. The third-order valence-corrected chi connectivity index (χ3v) is 4.96. The van der Waals surface area contributed by atoms with Gasteiger partial charge in [0.2, 0.25) is 0 Å². The number of thioether (sulfide) groups is 1. The first-order valence-corrected chi connectivity index (χ1v) is 7.52. The van der Waals surface area contributed by atoms with Crippen molar-refractivity contribution in [2.45, 2.75) is 41.9 Å². The average Bonchev–Trinajstić information content (AvgIpc) is 2.78. The fourth-order valence-corrected chi connectivity index (χ4v) is 3.70. The van der Waals surface area contributed by atoms with Gasteiger partial charge >= 0.3 is 0 Å². The van der Waals surface area contributed by atoms with Crippen LogP contribution in [0.3, 0.4) is 0 Å². The third-order valence-electron chi connectivity index (χ3n) is 3.61. The molecule has 1 aliphatic carbocycles. The summed E-state index contributed by atoms with van der Waals surface area (Å²) in [6.07, 6.45) is 5.65. The first kappa shape index (κ1) is 11.4. The van der Waals surface area contributed by atoms with Gasteiger partial charge in [-0.1, -0.05) is 12.8 Å². The summed E-state index contributed by atoms with van der Waals surface area (Å²) in [5.41, 5.74) is 1.26. The first-order chi connectivity index (χ1) is 8.40. The maximum atomic E-state index is 3.53. The lowest BCUT2D eigenvalue weighted by atomic mass is 10.1. The smallest absolute Gasteiger partial charge is 0.0510 e. The second kappa shape index (κ2) is 5.32. The monoisotopic (exact) mass is 248 g/mol. The molecule has 2 fully saturated rings. The van der Waals surface area contributed by atoms with E-state index in [0.717, 1.165) is 18.3 Å². The lowest BCUT2D eigenvalue weighted by molar-refractivity contribution is 0.472. The molecule has 2 N–H and O–H groups in total. The van der Waals surface area contributed by atoms with Gasteiger partial charge in [-0.2, -0.15) is 0 Å². The van der Waals surface area contributed by atoms with E-state index in [4.69, 9.17) is 0 Å². The highest BCUT2D eigenvalue weighted by Gasteiger charge is 2.17. The van der Waals surface area contributed by atoms with Crippen LogP contribution in [0.1, 0.15) is 25.7 Å². The Hall–Kier alpha value is -0.670. The Labute approximate surface area is 108 Å². The molecule has 0 bridgehead atoms. The van der Waals surface area contributed by atoms with Gasteiger partial charge in [0.15, 0.2) is 0 Å². The molecule has 1 heterocycles. The van der Waals surface area contributed by atoms with Gasteiger partial charge < -0.3 is 10.6 Å². The second-order valence-electron chi connectivity index (χ2n) is 5.05. The molecule has 0 unspecified atom stereocenters. The van der Waals surface area contributed by atoms with Gasteiger partial charge in [-0.25, -0.2) is 0 Å². The topological polar surface area (TPSA) is 24.1 Å². The van der Waals surface area contributed by atoms with Crippen LogP contribution in [-0.2, 0) is 0 Å². The lowest BCUT2D eigenvalue weighted by Crippen LogP contribution is -2.51. The Balaban J connectivity index is 1.55. The minimum absolute atomic E-state index is 0.628. The zero-order valence-electron chi connectivity index (χ0n) is 10.1. The predicted molar refractivity (Wildman–Crippen MR) is 74.8 cm³/mol. The van der Waals surface area contributed by atoms with E-state index in [1.54, 1.807) is 0 Å². The van der Waals surface area contributed by atoms with Crippen molar-refractivity contribution in [3.63, 3.8) is 0 Å². The fourth-order valence-electron chi connectivity index (χ4n) is 2.45. The van der Waals surface area contributed by atoms with Crippen LogP contribution >= 0.6 is 11.8 Å². The standard InChI is InChI=1S/C14H20N2S/c1-2-4-13(3-1)17-14-7-5-11(6-8-14)16-12-9-15-10-12/h5-8,12-13,15-16H,1-4,9-10H2. The summed E-state index contributed by atoms with van der Waals surface area (Å²) >= 11 is 2.06. The maximum absolute atomic E-state index is 3.53. The van der Waals surface area contributed by atoms with E-state index in [0.29, 0.717) is 6.04 Å². The molecule has 92 valence electrons. The van der Waals surface area contributed by atoms with Gasteiger partial charge in [0.05, 0.1) is 6.04 Å². The molecule has 2 nitrogen and oxygen atoms in total. The van der Waals surface area contributed by atoms with E-state index in [1.807, 2.05) is 0 Å². The lowest BCUT2D eigenvalue weighted by Gasteiger charge is -2.29. The molecule has 1 aromatic carbocycles. The third kappa shape index (κ3) is 2.96. The van der Waals surface area contributed by atoms with Gasteiger partial charge in [-0.3, -0.25) is 0 Å².